The molecule has 170 valence electrons. The fourth-order valence-electron chi connectivity index (χ4n) is 3.93. The van der Waals surface area contributed by atoms with Crippen molar-refractivity contribution >= 4 is 33.2 Å². The van der Waals surface area contributed by atoms with Crippen LogP contribution < -0.4 is 10.2 Å². The number of carbonyl (C=O) groups is 2. The van der Waals surface area contributed by atoms with Gasteiger partial charge in [-0.05, 0) is 48.7 Å². The van der Waals surface area contributed by atoms with Gasteiger partial charge in [0.25, 0.3) is 0 Å². The molecule has 0 saturated carbocycles. The number of ether oxygens (including phenoxy) is 1. The van der Waals surface area contributed by atoms with Gasteiger partial charge in [-0.15, -0.1) is 0 Å². The number of rotatable bonds is 6. The maximum atomic E-state index is 12.9. The molecular weight excluding hydrogens is 430 g/mol. The number of aryl methyl sites for hydroxylation is 1. The molecule has 0 bridgehead atoms. The minimum Gasteiger partial charge on any atom is -0.379 e. The van der Waals surface area contributed by atoms with Gasteiger partial charge in [-0.2, -0.15) is 4.31 Å². The van der Waals surface area contributed by atoms with Gasteiger partial charge in [0.1, 0.15) is 0 Å². The first-order valence-corrected chi connectivity index (χ1v) is 12.2. The molecule has 32 heavy (non-hydrogen) atoms. The molecular formula is C23H27N3O5S. The minimum atomic E-state index is -3.64. The number of hydrogen-bond donors (Lipinski definition) is 1. The third kappa shape index (κ3) is 4.85. The fraction of sp³-hybridized carbons (Fsp3) is 0.391. The van der Waals surface area contributed by atoms with Gasteiger partial charge in [-0.25, -0.2) is 8.42 Å². The molecule has 2 heterocycles. The van der Waals surface area contributed by atoms with E-state index in [0.29, 0.717) is 38.4 Å². The Bertz CT molecular complexity index is 1110. The van der Waals surface area contributed by atoms with Crippen LogP contribution in [0.2, 0.25) is 0 Å². The lowest BCUT2D eigenvalue weighted by molar-refractivity contribution is -0.117. The number of morpholine rings is 1. The van der Waals surface area contributed by atoms with Crippen molar-refractivity contribution in [3.05, 3.63) is 53.6 Å². The molecule has 8 nitrogen and oxygen atoms in total. The van der Waals surface area contributed by atoms with Crippen molar-refractivity contribution in [2.24, 2.45) is 0 Å². The molecule has 0 spiro atoms. The molecule has 2 amide bonds. The number of amides is 2. The van der Waals surface area contributed by atoms with E-state index in [1.807, 2.05) is 31.2 Å². The lowest BCUT2D eigenvalue weighted by Gasteiger charge is -2.26. The summed E-state index contributed by atoms with van der Waals surface area (Å²) in [6, 6.07) is 12.2. The molecule has 2 saturated heterocycles. The largest absolute Gasteiger partial charge is 0.379 e. The van der Waals surface area contributed by atoms with E-state index >= 15 is 0 Å². The molecule has 2 aliphatic rings. The Morgan fingerprint density at radius 2 is 1.78 bits per heavy atom. The van der Waals surface area contributed by atoms with E-state index in [0.717, 1.165) is 29.8 Å². The van der Waals surface area contributed by atoms with Gasteiger partial charge in [0.15, 0.2) is 0 Å². The van der Waals surface area contributed by atoms with Crippen LogP contribution in [0.3, 0.4) is 0 Å². The number of hydrogen-bond acceptors (Lipinski definition) is 5. The first-order valence-electron chi connectivity index (χ1n) is 10.7. The summed E-state index contributed by atoms with van der Waals surface area (Å²) in [6.07, 6.45) is 1.58. The number of benzene rings is 2. The summed E-state index contributed by atoms with van der Waals surface area (Å²) < 4.78 is 32.5. The fourth-order valence-corrected chi connectivity index (χ4v) is 5.36. The van der Waals surface area contributed by atoms with E-state index in [2.05, 4.69) is 5.32 Å². The lowest BCUT2D eigenvalue weighted by atomic mass is 10.1. The molecule has 9 heteroatoms. The minimum absolute atomic E-state index is 0.123. The Balaban J connectivity index is 1.44. The Labute approximate surface area is 188 Å². The maximum absolute atomic E-state index is 12.9. The molecule has 0 unspecified atom stereocenters. The number of nitrogens with zero attached hydrogens (tertiary/aromatic N) is 2. The van der Waals surface area contributed by atoms with Crippen LogP contribution in [0.5, 0.6) is 0 Å². The summed E-state index contributed by atoms with van der Waals surface area (Å²) >= 11 is 0. The molecule has 0 aliphatic carbocycles. The second-order valence-corrected chi connectivity index (χ2v) is 9.97. The molecule has 2 aliphatic heterocycles. The molecule has 1 N–H and O–H groups in total. The number of sulfonamides is 1. The average molecular weight is 458 g/mol. The molecule has 0 atom stereocenters. The summed E-state index contributed by atoms with van der Waals surface area (Å²) in [7, 11) is -3.64. The van der Waals surface area contributed by atoms with Crippen LogP contribution in [0.4, 0.5) is 11.4 Å². The average Bonchev–Trinajstić information content (AvgIpc) is 3.22. The molecule has 0 aromatic heterocycles. The second-order valence-electron chi connectivity index (χ2n) is 8.03. The summed E-state index contributed by atoms with van der Waals surface area (Å²) in [4.78, 5) is 26.4. The highest BCUT2D eigenvalue weighted by Crippen LogP contribution is 2.25. The van der Waals surface area contributed by atoms with E-state index < -0.39 is 10.0 Å². The third-order valence-electron chi connectivity index (χ3n) is 5.78. The van der Waals surface area contributed by atoms with E-state index in [9.17, 15) is 18.0 Å². The second kappa shape index (κ2) is 9.40. The van der Waals surface area contributed by atoms with Crippen LogP contribution in [0, 0.1) is 6.92 Å². The Kier molecular flexibility index (Phi) is 6.59. The Hall–Kier alpha value is -2.75. The SMILES string of the molecule is Cc1ccc(S(=O)(=O)N2CCOCC2)cc1NC(=O)Cc1ccc(N2CCCC2=O)cc1. The first kappa shape index (κ1) is 22.4. The molecule has 4 rings (SSSR count). The highest BCUT2D eigenvalue weighted by Gasteiger charge is 2.27. The van der Waals surface area contributed by atoms with Gasteiger partial charge in [0.2, 0.25) is 21.8 Å². The summed E-state index contributed by atoms with van der Waals surface area (Å²) in [5, 5.41) is 2.84. The van der Waals surface area contributed by atoms with Crippen LogP contribution in [0.1, 0.15) is 24.0 Å². The van der Waals surface area contributed by atoms with Crippen molar-refractivity contribution in [3.8, 4) is 0 Å². The van der Waals surface area contributed by atoms with Crippen LogP contribution >= 0.6 is 0 Å². The highest BCUT2D eigenvalue weighted by molar-refractivity contribution is 7.89. The summed E-state index contributed by atoms with van der Waals surface area (Å²) in [5.74, 6) is -0.114. The van der Waals surface area contributed by atoms with Gasteiger partial charge in [-0.3, -0.25) is 9.59 Å². The summed E-state index contributed by atoms with van der Waals surface area (Å²) in [5.41, 5.74) is 2.91. The van der Waals surface area contributed by atoms with Crippen molar-refractivity contribution in [2.45, 2.75) is 31.1 Å². The van der Waals surface area contributed by atoms with Crippen LogP contribution in [-0.2, 0) is 30.8 Å². The Morgan fingerprint density at radius 1 is 1.06 bits per heavy atom. The van der Waals surface area contributed by atoms with Gasteiger partial charge in [0.05, 0.1) is 24.5 Å². The van der Waals surface area contributed by atoms with E-state index in [1.165, 1.54) is 10.4 Å². The quantitative estimate of drug-likeness (QED) is 0.718. The summed E-state index contributed by atoms with van der Waals surface area (Å²) in [6.45, 7) is 3.93. The highest BCUT2D eigenvalue weighted by atomic mass is 32.2. The van der Waals surface area contributed by atoms with Crippen LogP contribution in [0.25, 0.3) is 0 Å². The van der Waals surface area contributed by atoms with Crippen LogP contribution in [0.15, 0.2) is 47.4 Å². The predicted octanol–water partition coefficient (Wildman–Crippen LogP) is 2.32. The zero-order chi connectivity index (χ0) is 22.7. The van der Waals surface area contributed by atoms with Crippen molar-refractivity contribution in [3.63, 3.8) is 0 Å². The Morgan fingerprint density at radius 3 is 2.44 bits per heavy atom. The lowest BCUT2D eigenvalue weighted by Crippen LogP contribution is -2.40. The monoisotopic (exact) mass is 457 g/mol. The van der Waals surface area contributed by atoms with Gasteiger partial charge >= 0.3 is 0 Å². The smallest absolute Gasteiger partial charge is 0.243 e. The predicted molar refractivity (Wildman–Crippen MR) is 121 cm³/mol. The molecule has 0 radical (unpaired) electrons. The standard InChI is InChI=1S/C23H27N3O5S/c1-17-4-9-20(32(29,30)25-11-13-31-14-12-25)16-21(17)24-22(27)15-18-5-7-19(8-6-18)26-10-2-3-23(26)28/h4-9,16H,2-3,10-15H2,1H3,(H,24,27). The zero-order valence-electron chi connectivity index (χ0n) is 18.0. The van der Waals surface area contributed by atoms with Crippen LogP contribution in [-0.4, -0.2) is 57.4 Å². The maximum Gasteiger partial charge on any atom is 0.243 e. The number of carbonyl (C=O) groups excluding carboxylic acids is 2. The van der Waals surface area contributed by atoms with Crippen molar-refractivity contribution in [1.29, 1.82) is 0 Å². The van der Waals surface area contributed by atoms with Crippen molar-refractivity contribution < 1.29 is 22.7 Å². The number of nitrogens with one attached hydrogen (secondary N) is 1. The van der Waals surface area contributed by atoms with Crippen molar-refractivity contribution in [1.82, 2.24) is 4.31 Å². The van der Waals surface area contributed by atoms with Crippen molar-refractivity contribution in [2.75, 3.05) is 43.1 Å². The third-order valence-corrected chi connectivity index (χ3v) is 7.67. The van der Waals surface area contributed by atoms with Gasteiger partial charge < -0.3 is 15.0 Å². The molecule has 2 fully saturated rings. The number of anilines is 2. The van der Waals surface area contributed by atoms with E-state index in [4.69, 9.17) is 4.74 Å². The van der Waals surface area contributed by atoms with E-state index in [1.54, 1.807) is 17.0 Å². The topological polar surface area (TPSA) is 96.0 Å². The molecule has 2 aromatic rings. The van der Waals surface area contributed by atoms with E-state index in [-0.39, 0.29) is 23.1 Å². The zero-order valence-corrected chi connectivity index (χ0v) is 18.9. The van der Waals surface area contributed by atoms with Gasteiger partial charge in [0, 0.05) is 37.4 Å². The molecule has 2 aromatic carbocycles. The first-order chi connectivity index (χ1) is 15.3. The normalized spacial score (nSPS) is 17.5. The van der Waals surface area contributed by atoms with Gasteiger partial charge in [-0.1, -0.05) is 18.2 Å².